The number of amides is 3. The van der Waals surface area contributed by atoms with Crippen LogP contribution in [0.1, 0.15) is 44.8 Å². The van der Waals surface area contributed by atoms with Crippen LogP contribution in [0.5, 0.6) is 0 Å². The lowest BCUT2D eigenvalue weighted by molar-refractivity contribution is -0.705. The van der Waals surface area contributed by atoms with Gasteiger partial charge in [-0.05, 0) is 62.2 Å². The predicted octanol–water partition coefficient (Wildman–Crippen LogP) is 5.06. The number of fused-ring (bicyclic) bond motifs is 1. The molecule has 0 unspecified atom stereocenters. The number of carbonyl (C=O) groups is 3. The van der Waals surface area contributed by atoms with E-state index >= 15 is 0 Å². The van der Waals surface area contributed by atoms with Crippen LogP contribution in [-0.2, 0) is 25.8 Å². The lowest BCUT2D eigenvalue weighted by atomic mass is 10.1. The molecular weight excluding hydrogens is 699 g/mol. The third-order valence-electron chi connectivity index (χ3n) is 7.55. The van der Waals surface area contributed by atoms with E-state index in [0.29, 0.717) is 12.0 Å². The number of carbonyl (C=O) groups excluding carboxylic acids is 3. The topological polar surface area (TPSA) is 179 Å². The number of unbranched alkanes of at least 4 members (excludes halogenated alkanes) is 1. The van der Waals surface area contributed by atoms with Crippen LogP contribution in [0.4, 0.5) is 18.0 Å². The summed E-state index contributed by atoms with van der Waals surface area (Å²) in [5.74, 6) is -1.15. The maximum Gasteiger partial charge on any atom is 0.435 e. The van der Waals surface area contributed by atoms with Crippen LogP contribution >= 0.6 is 0 Å². The molecule has 15 nitrogen and oxygen atoms in total. The van der Waals surface area contributed by atoms with Crippen LogP contribution in [0, 0.1) is 12.1 Å². The molecule has 2 heterocycles. The Morgan fingerprint density at radius 1 is 1.00 bits per heavy atom. The summed E-state index contributed by atoms with van der Waals surface area (Å²) in [6.45, 7) is 1.17. The molecule has 51 heavy (non-hydrogen) atoms. The fourth-order valence-corrected chi connectivity index (χ4v) is 5.75. The van der Waals surface area contributed by atoms with Gasteiger partial charge in [0.1, 0.15) is 0 Å². The van der Waals surface area contributed by atoms with Crippen LogP contribution in [0.3, 0.4) is 0 Å². The van der Waals surface area contributed by atoms with Gasteiger partial charge >= 0.3 is 12.3 Å². The molecule has 3 amide bonds. The van der Waals surface area contributed by atoms with Gasteiger partial charge in [0.05, 0.1) is 52.6 Å². The molecule has 0 fully saturated rings. The average molecular weight is 730 g/mol. The SMILES string of the molecule is Cc1ccc(-c2cc(C(F)(F)F)nn2-c2ccc(S(=O)(=O)NC(=O)OCCCCN(C)/[N+]([O-])=N\OCN3C(=O)c4ccccc4C3=O)cc2)cc1. The summed E-state index contributed by atoms with van der Waals surface area (Å²) in [5.41, 5.74) is 0.956. The molecule has 0 radical (unpaired) electrons. The van der Waals surface area contributed by atoms with Crippen molar-refractivity contribution in [2.45, 2.75) is 30.8 Å². The van der Waals surface area contributed by atoms with Gasteiger partial charge in [-0.15, -0.1) is 5.01 Å². The number of sulfonamides is 1. The van der Waals surface area contributed by atoms with Crippen molar-refractivity contribution in [1.29, 1.82) is 0 Å². The Morgan fingerprint density at radius 2 is 1.63 bits per heavy atom. The number of nitrogens with zero attached hydrogens (tertiary/aromatic N) is 6. The monoisotopic (exact) mass is 729 g/mol. The zero-order valence-electron chi connectivity index (χ0n) is 27.0. The molecule has 19 heteroatoms. The number of rotatable bonds is 13. The van der Waals surface area contributed by atoms with Crippen LogP contribution in [-0.4, -0.2) is 77.9 Å². The van der Waals surface area contributed by atoms with E-state index in [1.54, 1.807) is 41.1 Å². The minimum absolute atomic E-state index is 0.106. The van der Waals surface area contributed by atoms with Gasteiger partial charge in [-0.1, -0.05) is 42.0 Å². The summed E-state index contributed by atoms with van der Waals surface area (Å²) in [7, 11) is -3.02. The molecule has 0 aliphatic carbocycles. The van der Waals surface area contributed by atoms with Crippen molar-refractivity contribution in [2.75, 3.05) is 26.9 Å². The Morgan fingerprint density at radius 3 is 2.24 bits per heavy atom. The quantitative estimate of drug-likeness (QED) is 0.0643. The standard InChI is InChI=1S/C32H30F3N7O8S/c1-21-9-11-22(12-10-21)27-19-28(32(33,34)35)36-41(27)23-13-15-24(16-14-23)51(47,48)37-31(45)49-18-6-5-17-39(2)42(46)38-50-20-40-29(43)25-7-3-4-8-26(25)30(40)44/h3-4,7-16,19H,5-6,17-18,20H2,1-2H3,(H,37,45)/b42-38+. The second-order valence-electron chi connectivity index (χ2n) is 11.2. The lowest BCUT2D eigenvalue weighted by Gasteiger charge is -2.14. The van der Waals surface area contributed by atoms with E-state index in [2.05, 4.69) is 10.4 Å². The fraction of sp³-hybridized carbons (Fsp3) is 0.250. The Labute approximate surface area is 289 Å². The summed E-state index contributed by atoms with van der Waals surface area (Å²) in [4.78, 5) is 42.3. The van der Waals surface area contributed by atoms with Crippen LogP contribution < -0.4 is 4.72 Å². The highest BCUT2D eigenvalue weighted by molar-refractivity contribution is 7.90. The Hall–Kier alpha value is -5.98. The number of benzene rings is 3. The van der Waals surface area contributed by atoms with Gasteiger partial charge in [0, 0.05) is 5.56 Å². The van der Waals surface area contributed by atoms with E-state index in [9.17, 15) is 41.2 Å². The number of imide groups is 1. The van der Waals surface area contributed by atoms with Gasteiger partial charge in [-0.3, -0.25) is 9.59 Å². The summed E-state index contributed by atoms with van der Waals surface area (Å²) >= 11 is 0. The van der Waals surface area contributed by atoms with Gasteiger partial charge in [0.2, 0.25) is 12.0 Å². The molecule has 4 aromatic rings. The maximum absolute atomic E-state index is 13.5. The first-order valence-corrected chi connectivity index (χ1v) is 16.6. The van der Waals surface area contributed by atoms with Crippen molar-refractivity contribution in [2.24, 2.45) is 5.28 Å². The summed E-state index contributed by atoms with van der Waals surface area (Å²) in [6.07, 6.45) is -5.45. The number of hydrogen-bond donors (Lipinski definition) is 1. The molecule has 0 bridgehead atoms. The second kappa shape index (κ2) is 14.9. The molecule has 0 atom stereocenters. The predicted molar refractivity (Wildman–Crippen MR) is 171 cm³/mol. The van der Waals surface area contributed by atoms with E-state index in [1.807, 2.05) is 6.92 Å². The summed E-state index contributed by atoms with van der Waals surface area (Å²) < 4.78 is 73.8. The van der Waals surface area contributed by atoms with Crippen molar-refractivity contribution in [3.05, 3.63) is 106 Å². The zero-order chi connectivity index (χ0) is 36.9. The molecule has 1 N–H and O–H groups in total. The Balaban J connectivity index is 1.08. The zero-order valence-corrected chi connectivity index (χ0v) is 27.8. The van der Waals surface area contributed by atoms with Crippen LogP contribution in [0.15, 0.2) is 89.0 Å². The second-order valence-corrected chi connectivity index (χ2v) is 12.9. The van der Waals surface area contributed by atoms with Gasteiger partial charge in [-0.2, -0.15) is 18.3 Å². The number of aryl methyl sites for hydroxylation is 1. The first kappa shape index (κ1) is 36.3. The highest BCUT2D eigenvalue weighted by Crippen LogP contribution is 2.33. The smallest absolute Gasteiger partial charge is 0.435 e. The van der Waals surface area contributed by atoms with Gasteiger partial charge in [0.15, 0.2) is 5.69 Å². The maximum atomic E-state index is 13.5. The van der Waals surface area contributed by atoms with Gasteiger partial charge < -0.3 is 14.8 Å². The highest BCUT2D eigenvalue weighted by Gasteiger charge is 2.36. The minimum atomic E-state index is -4.72. The van der Waals surface area contributed by atoms with E-state index in [1.165, 1.54) is 31.3 Å². The molecule has 1 aliphatic rings. The number of aromatic nitrogens is 2. The Kier molecular flexibility index (Phi) is 10.6. The largest absolute Gasteiger partial charge is 0.569 e. The van der Waals surface area contributed by atoms with Gasteiger partial charge in [-0.25, -0.2) is 27.5 Å². The van der Waals surface area contributed by atoms with E-state index in [0.717, 1.165) is 38.4 Å². The Bertz CT molecular complexity index is 2030. The molecule has 0 saturated heterocycles. The van der Waals surface area contributed by atoms with Crippen LogP contribution in [0.25, 0.3) is 16.9 Å². The molecule has 0 spiro atoms. The van der Waals surface area contributed by atoms with E-state index in [-0.39, 0.29) is 51.9 Å². The first-order chi connectivity index (χ1) is 24.2. The van der Waals surface area contributed by atoms with Gasteiger partial charge in [0.25, 0.3) is 21.8 Å². The third-order valence-corrected chi connectivity index (χ3v) is 8.88. The molecule has 1 aliphatic heterocycles. The van der Waals surface area contributed by atoms with Crippen molar-refractivity contribution in [3.63, 3.8) is 0 Å². The number of alkyl halides is 3. The van der Waals surface area contributed by atoms with Crippen molar-refractivity contribution in [1.82, 2.24) is 24.4 Å². The van der Waals surface area contributed by atoms with Crippen LogP contribution in [0.2, 0.25) is 0 Å². The first-order valence-electron chi connectivity index (χ1n) is 15.2. The van der Waals surface area contributed by atoms with Crippen molar-refractivity contribution < 1.29 is 50.5 Å². The average Bonchev–Trinajstić information content (AvgIpc) is 3.65. The number of ether oxygens (including phenoxy) is 1. The lowest BCUT2D eigenvalue weighted by Crippen LogP contribution is -2.33. The van der Waals surface area contributed by atoms with E-state index in [4.69, 9.17) is 9.57 Å². The van der Waals surface area contributed by atoms with Crippen molar-refractivity contribution >= 4 is 27.9 Å². The number of hydrogen-bond acceptors (Lipinski definition) is 10. The summed E-state index contributed by atoms with van der Waals surface area (Å²) in [6, 6.07) is 18.6. The van der Waals surface area contributed by atoms with E-state index < -0.39 is 46.5 Å². The minimum Gasteiger partial charge on any atom is -0.569 e. The molecular formula is C32H30F3N7O8S. The molecule has 0 saturated carbocycles. The number of nitrogens with one attached hydrogen (secondary N) is 1. The molecule has 5 rings (SSSR count). The number of hydrazine groups is 1. The highest BCUT2D eigenvalue weighted by atomic mass is 32.2. The normalized spacial score (nSPS) is 13.3. The molecule has 1 aromatic heterocycles. The number of halogens is 3. The molecule has 3 aromatic carbocycles. The third kappa shape index (κ3) is 8.43. The molecule has 268 valence electrons. The fourth-order valence-electron chi connectivity index (χ4n) is 4.86. The summed E-state index contributed by atoms with van der Waals surface area (Å²) in [5, 5.41) is 20.3. The van der Waals surface area contributed by atoms with Crippen molar-refractivity contribution in [3.8, 4) is 16.9 Å².